The first-order chi connectivity index (χ1) is 17.7. The van der Waals surface area contributed by atoms with Crippen LogP contribution < -0.4 is 15.0 Å². The van der Waals surface area contributed by atoms with E-state index in [1.807, 2.05) is 60.7 Å². The maximum absolute atomic E-state index is 13.7. The number of hydrogen-bond acceptors (Lipinski definition) is 5. The van der Waals surface area contributed by atoms with Gasteiger partial charge in [0.25, 0.3) is 11.5 Å². The van der Waals surface area contributed by atoms with E-state index in [4.69, 9.17) is 0 Å². The van der Waals surface area contributed by atoms with Crippen LogP contribution in [0.2, 0.25) is 0 Å². The van der Waals surface area contributed by atoms with Gasteiger partial charge in [-0.05, 0) is 34.7 Å². The van der Waals surface area contributed by atoms with E-state index < -0.39 is 0 Å². The van der Waals surface area contributed by atoms with Gasteiger partial charge in [0.15, 0.2) is 5.82 Å². The Balaban J connectivity index is 1.46. The summed E-state index contributed by atoms with van der Waals surface area (Å²) < 4.78 is 2.50. The van der Waals surface area contributed by atoms with Crippen LogP contribution in [-0.4, -0.2) is 20.5 Å². The van der Waals surface area contributed by atoms with Crippen LogP contribution in [0.25, 0.3) is 21.9 Å². The van der Waals surface area contributed by atoms with Crippen molar-refractivity contribution < 1.29 is 4.79 Å². The maximum atomic E-state index is 13.7. The summed E-state index contributed by atoms with van der Waals surface area (Å²) in [6.45, 7) is 6.91. The summed E-state index contributed by atoms with van der Waals surface area (Å²) in [5.41, 5.74) is 4.69. The molecule has 0 saturated carbocycles. The van der Waals surface area contributed by atoms with Gasteiger partial charge in [-0.1, -0.05) is 103 Å². The first-order valence-electron chi connectivity index (χ1n) is 11.9. The summed E-state index contributed by atoms with van der Waals surface area (Å²) in [6, 6.07) is 23.6. The number of thiazole rings is 1. The maximum Gasteiger partial charge on any atom is 0.291 e. The number of carbonyl (C=O) groups excluding carboxylic acids is 1. The highest BCUT2D eigenvalue weighted by atomic mass is 79.9. The minimum Gasteiger partial charge on any atom is -0.303 e. The van der Waals surface area contributed by atoms with Gasteiger partial charge in [-0.3, -0.25) is 9.59 Å². The van der Waals surface area contributed by atoms with Gasteiger partial charge in [-0.25, -0.2) is 0 Å². The molecule has 0 bridgehead atoms. The van der Waals surface area contributed by atoms with Gasteiger partial charge in [0.2, 0.25) is 4.96 Å². The summed E-state index contributed by atoms with van der Waals surface area (Å²) >= 11 is 4.72. The largest absolute Gasteiger partial charge is 0.303 e. The standard InChI is InChI=1S/C29H23BrN4O2S/c1-29(2,3)19-11-9-18(10-12-19)25-31-28-34(32-25)27(36)24(37-28)23-21-15-20(30)13-14-22(21)33(26(23)35)16-17-7-5-4-6-8-17/h4-15H,16H2,1-3H3/b24-23-. The fraction of sp³-hybridized carbons (Fsp3) is 0.172. The third kappa shape index (κ3) is 4.10. The molecule has 3 heterocycles. The third-order valence-electron chi connectivity index (χ3n) is 6.55. The number of hydrogen-bond donors (Lipinski definition) is 0. The molecule has 0 unspecified atom stereocenters. The molecular weight excluding hydrogens is 548 g/mol. The van der Waals surface area contributed by atoms with Gasteiger partial charge in [-0.2, -0.15) is 9.50 Å². The Kier molecular flexibility index (Phi) is 5.62. The van der Waals surface area contributed by atoms with Crippen molar-refractivity contribution in [1.29, 1.82) is 0 Å². The second-order valence-electron chi connectivity index (χ2n) is 10.1. The molecule has 0 fully saturated rings. The zero-order valence-electron chi connectivity index (χ0n) is 20.5. The van der Waals surface area contributed by atoms with Gasteiger partial charge in [0.05, 0.1) is 17.8 Å². The molecule has 0 spiro atoms. The topological polar surface area (TPSA) is 67.6 Å². The van der Waals surface area contributed by atoms with Crippen molar-refractivity contribution in [3.63, 3.8) is 0 Å². The van der Waals surface area contributed by atoms with Crippen LogP contribution in [0, 0.1) is 0 Å². The molecule has 5 aromatic rings. The molecule has 1 aliphatic rings. The van der Waals surface area contributed by atoms with Gasteiger partial charge < -0.3 is 4.90 Å². The average Bonchev–Trinajstić information content (AvgIpc) is 3.50. The van der Waals surface area contributed by atoms with Gasteiger partial charge in [0, 0.05) is 15.6 Å². The Morgan fingerprint density at radius 3 is 2.35 bits per heavy atom. The monoisotopic (exact) mass is 570 g/mol. The Labute approximate surface area is 226 Å². The summed E-state index contributed by atoms with van der Waals surface area (Å²) in [7, 11) is 0. The molecular formula is C29H23BrN4O2S. The van der Waals surface area contributed by atoms with Crippen molar-refractivity contribution in [2.75, 3.05) is 4.90 Å². The van der Waals surface area contributed by atoms with Crippen LogP contribution in [0.4, 0.5) is 5.69 Å². The van der Waals surface area contributed by atoms with Crippen molar-refractivity contribution in [3.05, 3.63) is 109 Å². The number of aromatic nitrogens is 3. The summed E-state index contributed by atoms with van der Waals surface area (Å²) in [4.78, 5) is 34.1. The number of halogens is 1. The minimum atomic E-state index is -0.333. The number of amides is 1. The minimum absolute atomic E-state index is 0.0440. The highest BCUT2D eigenvalue weighted by molar-refractivity contribution is 9.10. The van der Waals surface area contributed by atoms with E-state index in [1.165, 1.54) is 21.4 Å². The molecule has 0 aliphatic carbocycles. The molecule has 184 valence electrons. The lowest BCUT2D eigenvalue weighted by Crippen LogP contribution is -2.32. The predicted molar refractivity (Wildman–Crippen MR) is 151 cm³/mol. The summed E-state index contributed by atoms with van der Waals surface area (Å²) in [6.07, 6.45) is 0. The summed E-state index contributed by atoms with van der Waals surface area (Å²) in [5.74, 6) is 0.295. The highest BCUT2D eigenvalue weighted by Gasteiger charge is 2.34. The number of rotatable bonds is 3. The van der Waals surface area contributed by atoms with E-state index in [0.717, 1.165) is 26.9 Å². The Hall–Kier alpha value is -3.62. The first-order valence-corrected chi connectivity index (χ1v) is 13.5. The first kappa shape index (κ1) is 23.8. The molecule has 2 aromatic heterocycles. The lowest BCUT2D eigenvalue weighted by atomic mass is 9.87. The number of nitrogens with zero attached hydrogens (tertiary/aromatic N) is 4. The molecule has 1 aliphatic heterocycles. The zero-order chi connectivity index (χ0) is 25.9. The number of benzene rings is 3. The number of anilines is 1. The van der Waals surface area contributed by atoms with Gasteiger partial charge in [0.1, 0.15) is 4.53 Å². The molecule has 0 saturated heterocycles. The molecule has 0 atom stereocenters. The van der Waals surface area contributed by atoms with Crippen molar-refractivity contribution in [2.24, 2.45) is 0 Å². The molecule has 0 radical (unpaired) electrons. The Morgan fingerprint density at radius 2 is 1.68 bits per heavy atom. The van der Waals surface area contributed by atoms with Crippen molar-refractivity contribution in [3.8, 4) is 11.4 Å². The second-order valence-corrected chi connectivity index (χ2v) is 12.0. The average molecular weight is 572 g/mol. The van der Waals surface area contributed by atoms with E-state index in [0.29, 0.717) is 27.4 Å². The van der Waals surface area contributed by atoms with E-state index in [2.05, 4.69) is 58.9 Å². The molecule has 8 heteroatoms. The van der Waals surface area contributed by atoms with Crippen LogP contribution in [0.15, 0.2) is 82.1 Å². The molecule has 0 N–H and O–H groups in total. The number of fused-ring (bicyclic) bond motifs is 2. The lowest BCUT2D eigenvalue weighted by Gasteiger charge is -2.18. The molecule has 3 aromatic carbocycles. The lowest BCUT2D eigenvalue weighted by molar-refractivity contribution is -0.113. The van der Waals surface area contributed by atoms with Crippen LogP contribution >= 0.6 is 27.3 Å². The smallest absolute Gasteiger partial charge is 0.291 e. The normalized spacial score (nSPS) is 15.0. The fourth-order valence-corrected chi connectivity index (χ4v) is 5.93. The SMILES string of the molecule is CC(C)(C)c1ccc(-c2nc3s/c(=C4\C(=O)N(Cc5ccccc5)c5ccc(Br)cc54)c(=O)n3n2)cc1. The predicted octanol–water partition coefficient (Wildman–Crippen LogP) is 5.34. The molecule has 6 nitrogen and oxygen atoms in total. The van der Waals surface area contributed by atoms with Crippen LogP contribution in [0.3, 0.4) is 0 Å². The van der Waals surface area contributed by atoms with E-state index in [1.54, 1.807) is 4.90 Å². The van der Waals surface area contributed by atoms with Crippen LogP contribution in [0.1, 0.15) is 37.5 Å². The Morgan fingerprint density at radius 1 is 0.946 bits per heavy atom. The molecule has 1 amide bonds. The van der Waals surface area contributed by atoms with E-state index >= 15 is 0 Å². The van der Waals surface area contributed by atoms with Crippen molar-refractivity contribution in [2.45, 2.75) is 32.7 Å². The fourth-order valence-electron chi connectivity index (χ4n) is 4.57. The zero-order valence-corrected chi connectivity index (χ0v) is 22.9. The molecule has 37 heavy (non-hydrogen) atoms. The third-order valence-corrected chi connectivity index (χ3v) is 8.08. The van der Waals surface area contributed by atoms with E-state index in [-0.39, 0.29) is 16.9 Å². The van der Waals surface area contributed by atoms with Gasteiger partial charge >= 0.3 is 0 Å². The van der Waals surface area contributed by atoms with Gasteiger partial charge in [-0.15, -0.1) is 5.10 Å². The van der Waals surface area contributed by atoms with E-state index in [9.17, 15) is 9.59 Å². The highest BCUT2D eigenvalue weighted by Crippen LogP contribution is 2.38. The van der Waals surface area contributed by atoms with Crippen LogP contribution in [-0.2, 0) is 16.8 Å². The summed E-state index contributed by atoms with van der Waals surface area (Å²) in [5, 5.41) is 4.51. The Bertz CT molecular complexity index is 1780. The quantitative estimate of drug-likeness (QED) is 0.293. The second kappa shape index (κ2) is 8.75. The van der Waals surface area contributed by atoms with Crippen molar-refractivity contribution >= 4 is 49.4 Å². The molecule has 6 rings (SSSR count). The van der Waals surface area contributed by atoms with Crippen LogP contribution in [0.5, 0.6) is 0 Å². The number of carbonyl (C=O) groups is 1. The van der Waals surface area contributed by atoms with Crippen molar-refractivity contribution in [1.82, 2.24) is 14.6 Å².